The zero-order chi connectivity index (χ0) is 50.6. The van der Waals surface area contributed by atoms with Crippen LogP contribution in [0.2, 0.25) is 0 Å². The van der Waals surface area contributed by atoms with Crippen molar-refractivity contribution >= 4 is 55.6 Å². The predicted octanol–water partition coefficient (Wildman–Crippen LogP) is 15.4. The van der Waals surface area contributed by atoms with E-state index >= 15 is 0 Å². The van der Waals surface area contributed by atoms with Gasteiger partial charge < -0.3 is 23.7 Å². The van der Waals surface area contributed by atoms with Gasteiger partial charge in [-0.25, -0.2) is 4.98 Å². The summed E-state index contributed by atoms with van der Waals surface area (Å²) in [6.45, 7) is 12.6. The van der Waals surface area contributed by atoms with E-state index in [-0.39, 0.29) is 72.1 Å². The molecule has 66 heavy (non-hydrogen) atoms. The molecule has 0 saturated carbocycles. The van der Waals surface area contributed by atoms with Crippen molar-refractivity contribution in [2.24, 2.45) is 6.98 Å². The first-order valence-electron chi connectivity index (χ1n) is 25.3. The van der Waals surface area contributed by atoms with Crippen LogP contribution < -0.4 is 14.5 Å². The molecule has 1 aliphatic rings. The molecule has 0 radical (unpaired) electrons. The van der Waals surface area contributed by atoms with Crippen molar-refractivity contribution in [1.82, 2.24) is 14.1 Å². The van der Waals surface area contributed by atoms with Crippen LogP contribution in [0.25, 0.3) is 61.0 Å². The van der Waals surface area contributed by atoms with Gasteiger partial charge in [0.15, 0.2) is 0 Å². The normalized spacial score (nSPS) is 14.5. The van der Waals surface area contributed by atoms with E-state index < -0.39 is 19.1 Å². The number of ether oxygens (including phenoxy) is 1. The molecule has 10 aromatic rings. The van der Waals surface area contributed by atoms with Gasteiger partial charge >= 0.3 is 0 Å². The maximum atomic E-state index is 9.15. The Morgan fingerprint density at radius 2 is 1.21 bits per heavy atom. The molecule has 0 aliphatic carbocycles. The van der Waals surface area contributed by atoms with Crippen molar-refractivity contribution in [3.05, 3.63) is 200 Å². The van der Waals surface area contributed by atoms with Gasteiger partial charge in [0.25, 0.3) is 0 Å². The van der Waals surface area contributed by atoms with Crippen molar-refractivity contribution in [2.75, 3.05) is 9.80 Å². The predicted molar refractivity (Wildman–Crippen MR) is 269 cm³/mol. The van der Waals surface area contributed by atoms with E-state index in [1.807, 2.05) is 24.3 Å². The number of aryl methyl sites for hydroxylation is 1. The number of hydrogen-bond acceptors (Lipinski definition) is 4. The van der Waals surface area contributed by atoms with Crippen LogP contribution in [0.15, 0.2) is 170 Å². The van der Waals surface area contributed by atoms with E-state index in [2.05, 4.69) is 155 Å². The van der Waals surface area contributed by atoms with Crippen LogP contribution in [0.3, 0.4) is 0 Å². The van der Waals surface area contributed by atoms with Gasteiger partial charge in [-0.15, -0.1) is 53.6 Å². The number of benzene rings is 8. The fraction of sp³-hybridized carbons (Fsp3) is 0.153. The average Bonchev–Trinajstić information content (AvgIpc) is 4.05. The quantitative estimate of drug-likeness (QED) is 0.149. The summed E-state index contributed by atoms with van der Waals surface area (Å²) in [4.78, 5) is 9.22. The first kappa shape index (κ1) is 35.4. The van der Waals surface area contributed by atoms with Gasteiger partial charge in [0.1, 0.15) is 0 Å². The molecule has 11 rings (SSSR count). The molecule has 0 fully saturated rings. The maximum absolute atomic E-state index is 9.15. The third-order valence-electron chi connectivity index (χ3n) is 12.2. The van der Waals surface area contributed by atoms with Crippen LogP contribution in [0, 0.1) is 18.8 Å². The molecule has 3 heterocycles. The number of anilines is 4. The van der Waals surface area contributed by atoms with Crippen LogP contribution in [-0.2, 0) is 38.9 Å². The van der Waals surface area contributed by atoms with Crippen LogP contribution in [0.4, 0.5) is 22.7 Å². The molecule has 0 spiro atoms. The maximum Gasteiger partial charge on any atom is 0.213 e. The van der Waals surface area contributed by atoms with Gasteiger partial charge in [0, 0.05) is 77.4 Å². The fourth-order valence-corrected chi connectivity index (χ4v) is 8.79. The second kappa shape index (κ2) is 16.5. The van der Waals surface area contributed by atoms with Gasteiger partial charge in [-0.05, 0) is 75.3 Å². The topological polar surface area (TPSA) is 38.5 Å². The number of para-hydroxylation sites is 5. The zero-order valence-corrected chi connectivity index (χ0v) is 39.7. The standard InChI is InChI=1S/C59H50N5O.Pt/c1-58(2,3)41-32-43(36-45(33-41)65-44-30-31-47-46-24-14-16-26-51(46)64(55(47)37-44)57-60-50-25-15-17-27-52(50)61(57)7)62-38-63(54-29-19-18-28-53(54)62)56-48(39-20-10-8-11-21-39)34-42(59(4,5)6)35-49(56)40-22-12-9-13-23-40;/h8-35,38H,1-7H3;/q-3;/i7D3,14D,16D,24D,26D;. The Kier molecular flexibility index (Phi) is 8.86. The molecular formula is C59H50N5OPt-3. The van der Waals surface area contributed by atoms with Crippen molar-refractivity contribution in [1.29, 1.82) is 0 Å². The van der Waals surface area contributed by atoms with E-state index in [0.29, 0.717) is 22.2 Å². The molecule has 0 N–H and O–H groups in total. The Bertz CT molecular complexity index is 3720. The molecule has 7 heteroatoms. The molecule has 2 aromatic heterocycles. The molecule has 330 valence electrons. The first-order chi connectivity index (χ1) is 34.3. The molecule has 6 nitrogen and oxygen atoms in total. The summed E-state index contributed by atoms with van der Waals surface area (Å²) in [6, 6.07) is 53.9. The van der Waals surface area contributed by atoms with Crippen molar-refractivity contribution in [2.45, 2.75) is 52.4 Å². The monoisotopic (exact) mass is 1050 g/mol. The Hall–Kier alpha value is -6.88. The number of imidazole rings is 1. The van der Waals surface area contributed by atoms with Gasteiger partial charge in [0.05, 0.1) is 16.5 Å². The second-order valence-electron chi connectivity index (χ2n) is 18.6. The fourth-order valence-electron chi connectivity index (χ4n) is 8.79. The molecule has 0 unspecified atom stereocenters. The molecular weight excluding hydrogens is 990 g/mol. The summed E-state index contributed by atoms with van der Waals surface area (Å²) in [5.74, 6) is 0.589. The summed E-state index contributed by atoms with van der Waals surface area (Å²) in [6.07, 6.45) is 0. The SMILES string of the molecule is [2H]c1c([2H])c([2H])c2c(c1[2H])c1ccc(Oc3[c-]c(N4[CH-]N(c5c(-c6ccccc6)cc(C(C)(C)C)cc5-c5ccccc5)c5ccccc54)cc(C(C)(C)C)c3)[c-]c1n2-c1nc2ccccc2n1C([2H])([2H])[2H].[Pt]. The Morgan fingerprint density at radius 3 is 1.88 bits per heavy atom. The molecule has 0 bridgehead atoms. The van der Waals surface area contributed by atoms with Crippen LogP contribution in [0.1, 0.15) is 62.3 Å². The molecule has 1 aliphatic heterocycles. The summed E-state index contributed by atoms with van der Waals surface area (Å²) in [7, 11) is 0. The summed E-state index contributed by atoms with van der Waals surface area (Å²) >= 11 is 0. The van der Waals surface area contributed by atoms with E-state index in [1.54, 1.807) is 36.4 Å². The van der Waals surface area contributed by atoms with Crippen LogP contribution in [-0.4, -0.2) is 14.1 Å². The van der Waals surface area contributed by atoms with Gasteiger partial charge in [-0.1, -0.05) is 150 Å². The number of hydrogen-bond donors (Lipinski definition) is 0. The first-order valence-corrected chi connectivity index (χ1v) is 21.8. The van der Waals surface area contributed by atoms with Crippen LogP contribution in [0.5, 0.6) is 11.5 Å². The third-order valence-corrected chi connectivity index (χ3v) is 12.2. The molecule has 8 aromatic carbocycles. The van der Waals surface area contributed by atoms with Crippen molar-refractivity contribution < 1.29 is 35.4 Å². The second-order valence-corrected chi connectivity index (χ2v) is 18.6. The van der Waals surface area contributed by atoms with Gasteiger partial charge in [-0.2, -0.15) is 6.07 Å². The van der Waals surface area contributed by atoms with E-state index in [0.717, 1.165) is 55.1 Å². The van der Waals surface area contributed by atoms with E-state index in [4.69, 9.17) is 19.3 Å². The van der Waals surface area contributed by atoms with Gasteiger partial charge in [-0.3, -0.25) is 0 Å². The number of rotatable bonds is 7. The third kappa shape index (κ3) is 7.48. The van der Waals surface area contributed by atoms with Crippen LogP contribution >= 0.6 is 0 Å². The summed E-state index contributed by atoms with van der Waals surface area (Å²) in [5.41, 5.74) is 10.9. The Labute approximate surface area is 411 Å². The Morgan fingerprint density at radius 1 is 0.606 bits per heavy atom. The largest absolute Gasteiger partial charge is 0.509 e. The summed E-state index contributed by atoms with van der Waals surface area (Å²) in [5, 5.41) is 0.628. The minimum Gasteiger partial charge on any atom is -0.509 e. The number of nitrogens with zero attached hydrogens (tertiary/aromatic N) is 5. The van der Waals surface area contributed by atoms with Crippen molar-refractivity contribution in [3.8, 4) is 39.7 Å². The molecule has 0 amide bonds. The average molecular weight is 1050 g/mol. The number of aromatic nitrogens is 3. The zero-order valence-electron chi connectivity index (χ0n) is 44.4. The minimum atomic E-state index is -2.71. The van der Waals surface area contributed by atoms with E-state index in [9.17, 15) is 0 Å². The smallest absolute Gasteiger partial charge is 0.213 e. The molecule has 0 saturated heterocycles. The van der Waals surface area contributed by atoms with Crippen molar-refractivity contribution in [3.63, 3.8) is 0 Å². The summed E-state index contributed by atoms with van der Waals surface area (Å²) < 4.78 is 70.8. The van der Waals surface area contributed by atoms with Gasteiger partial charge in [0.2, 0.25) is 5.95 Å². The number of fused-ring (bicyclic) bond motifs is 5. The minimum absolute atomic E-state index is 0. The van der Waals surface area contributed by atoms with E-state index in [1.165, 1.54) is 10.1 Å². The Balaban J connectivity index is 0.00000611. The molecule has 0 atom stereocenters.